The first-order chi connectivity index (χ1) is 18.2. The van der Waals surface area contributed by atoms with Crippen molar-refractivity contribution >= 4 is 23.1 Å². The van der Waals surface area contributed by atoms with Crippen molar-refractivity contribution in [1.82, 2.24) is 0 Å². The summed E-state index contributed by atoms with van der Waals surface area (Å²) >= 11 is -3.43. The Morgan fingerprint density at radius 2 is 0.730 bits per heavy atom. The Labute approximate surface area is 235 Å². The normalized spacial score (nSPS) is 11.0. The van der Waals surface area contributed by atoms with Crippen LogP contribution in [0.1, 0.15) is 95.2 Å². The predicted octanol–water partition coefficient (Wildman–Crippen LogP) is 9.41. The molecular formula is C33H45BiO3. The summed E-state index contributed by atoms with van der Waals surface area (Å²) in [7, 11) is 0. The number of benzene rings is 3. The zero-order valence-corrected chi connectivity index (χ0v) is 26.6. The molecule has 37 heavy (non-hydrogen) atoms. The van der Waals surface area contributed by atoms with E-state index >= 15 is 0 Å². The molecule has 0 aliphatic heterocycles. The van der Waals surface area contributed by atoms with Crippen molar-refractivity contribution in [3.63, 3.8) is 0 Å². The van der Waals surface area contributed by atoms with Gasteiger partial charge in [-0.2, -0.15) is 0 Å². The average Bonchev–Trinajstić information content (AvgIpc) is 2.92. The van der Waals surface area contributed by atoms with Gasteiger partial charge in [0, 0.05) is 0 Å². The summed E-state index contributed by atoms with van der Waals surface area (Å²) in [5, 5.41) is 0. The standard InChI is InChI=1S/3C11H16O.Bi/c3*1-2-3-4-7-10-8-5-6-9-11(10)12;/h3*5-6,8-9,12H,2-4,7H2,1H3;/q;;;+3/p-3. The van der Waals surface area contributed by atoms with E-state index in [1.54, 1.807) is 0 Å². The zero-order valence-electron chi connectivity index (χ0n) is 23.1. The molecular weight excluding hydrogens is 653 g/mol. The van der Waals surface area contributed by atoms with Gasteiger partial charge in [-0.3, -0.25) is 0 Å². The van der Waals surface area contributed by atoms with E-state index in [0.717, 1.165) is 36.5 Å². The maximum absolute atomic E-state index is 6.70. The van der Waals surface area contributed by atoms with Gasteiger partial charge in [-0.05, 0) is 0 Å². The Morgan fingerprint density at radius 3 is 1.03 bits per heavy atom. The van der Waals surface area contributed by atoms with Crippen LogP contribution in [0.15, 0.2) is 72.8 Å². The van der Waals surface area contributed by atoms with Crippen molar-refractivity contribution in [1.29, 1.82) is 0 Å². The molecule has 200 valence electrons. The van der Waals surface area contributed by atoms with Gasteiger partial charge in [0.25, 0.3) is 0 Å². The molecule has 0 fully saturated rings. The molecule has 0 amide bonds. The summed E-state index contributed by atoms with van der Waals surface area (Å²) < 4.78 is 20.1. The van der Waals surface area contributed by atoms with Crippen molar-refractivity contribution in [3.8, 4) is 17.2 Å². The van der Waals surface area contributed by atoms with Gasteiger partial charge in [-0.15, -0.1) is 0 Å². The first-order valence-electron chi connectivity index (χ1n) is 14.3. The fourth-order valence-corrected chi connectivity index (χ4v) is 8.78. The summed E-state index contributed by atoms with van der Waals surface area (Å²) in [6, 6.07) is 25.3. The van der Waals surface area contributed by atoms with E-state index < -0.39 is 23.1 Å². The van der Waals surface area contributed by atoms with E-state index in [2.05, 4.69) is 93.6 Å². The summed E-state index contributed by atoms with van der Waals surface area (Å²) in [6.07, 6.45) is 13.8. The fraction of sp³-hybridized carbons (Fsp3) is 0.455. The quantitative estimate of drug-likeness (QED) is 0.0979. The third-order valence-corrected chi connectivity index (χ3v) is 10.6. The predicted molar refractivity (Wildman–Crippen MR) is 157 cm³/mol. The number of hydrogen-bond donors (Lipinski definition) is 0. The molecule has 0 radical (unpaired) electrons. The van der Waals surface area contributed by atoms with Crippen LogP contribution in [-0.2, 0) is 19.3 Å². The molecule has 0 aliphatic rings. The zero-order chi connectivity index (χ0) is 26.1. The molecule has 0 saturated heterocycles. The van der Waals surface area contributed by atoms with E-state index in [0.29, 0.717) is 0 Å². The van der Waals surface area contributed by atoms with E-state index in [1.165, 1.54) is 74.5 Å². The third kappa shape index (κ3) is 10.3. The van der Waals surface area contributed by atoms with Crippen LogP contribution in [0.4, 0.5) is 0 Å². The molecule has 0 aromatic heterocycles. The monoisotopic (exact) mass is 698 g/mol. The Kier molecular flexibility index (Phi) is 13.9. The average molecular weight is 699 g/mol. The molecule has 4 heteroatoms. The molecule has 0 aliphatic carbocycles. The van der Waals surface area contributed by atoms with E-state index in [4.69, 9.17) is 8.44 Å². The topological polar surface area (TPSA) is 27.7 Å². The number of rotatable bonds is 18. The van der Waals surface area contributed by atoms with Gasteiger partial charge in [0.15, 0.2) is 0 Å². The summed E-state index contributed by atoms with van der Waals surface area (Å²) in [5.74, 6) is 2.76. The summed E-state index contributed by atoms with van der Waals surface area (Å²) in [5.41, 5.74) is 3.74. The summed E-state index contributed by atoms with van der Waals surface area (Å²) in [6.45, 7) is 6.73. The molecule has 3 rings (SSSR count). The van der Waals surface area contributed by atoms with Crippen LogP contribution in [-0.4, -0.2) is 23.1 Å². The Balaban J connectivity index is 1.86. The van der Waals surface area contributed by atoms with Crippen LogP contribution < -0.4 is 8.44 Å². The second-order valence-corrected chi connectivity index (χ2v) is 13.6. The molecule has 0 unspecified atom stereocenters. The first-order valence-corrected chi connectivity index (χ1v) is 18.6. The van der Waals surface area contributed by atoms with E-state index in [9.17, 15) is 0 Å². The molecule has 0 atom stereocenters. The molecule has 3 aromatic rings. The maximum atomic E-state index is 6.70. The minimum atomic E-state index is -3.43. The Morgan fingerprint density at radius 1 is 0.432 bits per heavy atom. The van der Waals surface area contributed by atoms with Gasteiger partial charge in [-0.25, -0.2) is 0 Å². The van der Waals surface area contributed by atoms with Crippen molar-refractivity contribution in [2.75, 3.05) is 0 Å². The van der Waals surface area contributed by atoms with Crippen molar-refractivity contribution in [2.45, 2.75) is 97.8 Å². The second-order valence-electron chi connectivity index (χ2n) is 9.69. The van der Waals surface area contributed by atoms with Crippen LogP contribution >= 0.6 is 0 Å². The molecule has 0 N–H and O–H groups in total. The van der Waals surface area contributed by atoms with E-state index in [-0.39, 0.29) is 0 Å². The van der Waals surface area contributed by atoms with Crippen molar-refractivity contribution < 1.29 is 8.44 Å². The third-order valence-electron chi connectivity index (χ3n) is 6.59. The van der Waals surface area contributed by atoms with Crippen LogP contribution in [0.5, 0.6) is 17.2 Å². The number of aryl methyl sites for hydroxylation is 3. The van der Waals surface area contributed by atoms with Gasteiger partial charge in [0.1, 0.15) is 0 Å². The molecule has 3 aromatic carbocycles. The van der Waals surface area contributed by atoms with Gasteiger partial charge < -0.3 is 0 Å². The Hall–Kier alpha value is -2.06. The van der Waals surface area contributed by atoms with Gasteiger partial charge in [0.05, 0.1) is 0 Å². The van der Waals surface area contributed by atoms with Crippen molar-refractivity contribution in [2.24, 2.45) is 0 Å². The van der Waals surface area contributed by atoms with Crippen LogP contribution in [0.3, 0.4) is 0 Å². The second kappa shape index (κ2) is 17.5. The van der Waals surface area contributed by atoms with Crippen LogP contribution in [0, 0.1) is 0 Å². The molecule has 0 spiro atoms. The molecule has 0 heterocycles. The molecule has 3 nitrogen and oxygen atoms in total. The summed E-state index contributed by atoms with van der Waals surface area (Å²) in [4.78, 5) is 0. The van der Waals surface area contributed by atoms with E-state index in [1.807, 2.05) is 0 Å². The minimum absolute atomic E-state index is 0.920. The molecule has 0 saturated carbocycles. The van der Waals surface area contributed by atoms with Crippen LogP contribution in [0.25, 0.3) is 0 Å². The van der Waals surface area contributed by atoms with Gasteiger partial charge in [0.2, 0.25) is 0 Å². The number of unbranched alkanes of at least 4 members (excludes halogenated alkanes) is 6. The van der Waals surface area contributed by atoms with Gasteiger partial charge >= 0.3 is 236 Å². The fourth-order valence-electron chi connectivity index (χ4n) is 4.39. The van der Waals surface area contributed by atoms with Gasteiger partial charge in [-0.1, -0.05) is 0 Å². The Bertz CT molecular complexity index is 903. The SMILES string of the molecule is CCCCCc1ccccc1[O][Bi]([O]c1ccccc1CCCCC)[O]c1ccccc1CCCCC. The molecule has 0 bridgehead atoms. The number of para-hydroxylation sites is 3. The first kappa shape index (κ1) is 29.5. The van der Waals surface area contributed by atoms with Crippen LogP contribution in [0.2, 0.25) is 0 Å². The van der Waals surface area contributed by atoms with Crippen molar-refractivity contribution in [3.05, 3.63) is 89.5 Å². The number of hydrogen-bond acceptors (Lipinski definition) is 3.